The van der Waals surface area contributed by atoms with Crippen LogP contribution in [0.4, 0.5) is 10.3 Å². The first-order valence-electron chi connectivity index (χ1n) is 6.13. The van der Waals surface area contributed by atoms with Crippen molar-refractivity contribution in [3.8, 4) is 5.69 Å². The number of hydrogen-bond acceptors (Lipinski definition) is 4. The van der Waals surface area contributed by atoms with Crippen LogP contribution in [0.1, 0.15) is 16.1 Å². The maximum absolute atomic E-state index is 13.8. The second kappa shape index (κ2) is 5.16. The predicted octanol–water partition coefficient (Wildman–Crippen LogP) is 1.69. The lowest BCUT2D eigenvalue weighted by molar-refractivity contribution is 0.102. The van der Waals surface area contributed by atoms with Crippen molar-refractivity contribution in [3.63, 3.8) is 0 Å². The van der Waals surface area contributed by atoms with Gasteiger partial charge in [0.25, 0.3) is 5.91 Å². The molecule has 21 heavy (non-hydrogen) atoms. The fourth-order valence-corrected chi connectivity index (χ4v) is 1.94. The van der Waals surface area contributed by atoms with Gasteiger partial charge >= 0.3 is 0 Å². The summed E-state index contributed by atoms with van der Waals surface area (Å²) in [6.45, 7) is 1.69. The van der Waals surface area contributed by atoms with Crippen LogP contribution in [0.5, 0.6) is 0 Å². The van der Waals surface area contributed by atoms with E-state index in [1.54, 1.807) is 25.1 Å². The maximum atomic E-state index is 13.8. The molecule has 3 aromatic rings. The number of carbonyl (C=O) groups is 1. The fraction of sp³-hybridized carbons (Fsp3) is 0.0769. The van der Waals surface area contributed by atoms with Gasteiger partial charge in [0.15, 0.2) is 0 Å². The van der Waals surface area contributed by atoms with E-state index < -0.39 is 11.7 Å². The SMILES string of the molecule is Cc1c(C(=O)Nc2ncn[nH]2)cnn1-c1ccccc1F. The molecule has 0 unspecified atom stereocenters. The molecule has 2 aromatic heterocycles. The molecule has 0 bridgehead atoms. The molecule has 3 rings (SSSR count). The Morgan fingerprint density at radius 1 is 1.38 bits per heavy atom. The zero-order valence-corrected chi connectivity index (χ0v) is 11.0. The van der Waals surface area contributed by atoms with Gasteiger partial charge < -0.3 is 0 Å². The van der Waals surface area contributed by atoms with Crippen molar-refractivity contribution in [2.75, 3.05) is 5.32 Å². The Balaban J connectivity index is 1.93. The molecule has 1 amide bonds. The molecule has 8 heteroatoms. The zero-order chi connectivity index (χ0) is 14.8. The van der Waals surface area contributed by atoms with Gasteiger partial charge in [-0.2, -0.15) is 15.2 Å². The minimum atomic E-state index is -0.411. The van der Waals surface area contributed by atoms with Crippen LogP contribution in [0.3, 0.4) is 0 Å². The molecule has 0 fully saturated rings. The van der Waals surface area contributed by atoms with E-state index in [0.717, 1.165) is 0 Å². The number of amides is 1. The van der Waals surface area contributed by atoms with Crippen LogP contribution in [0.25, 0.3) is 5.69 Å². The number of rotatable bonds is 3. The molecule has 2 N–H and O–H groups in total. The number of nitrogens with one attached hydrogen (secondary N) is 2. The first kappa shape index (κ1) is 13.0. The topological polar surface area (TPSA) is 88.5 Å². The highest BCUT2D eigenvalue weighted by molar-refractivity contribution is 6.04. The molecule has 0 aliphatic heterocycles. The van der Waals surface area contributed by atoms with Crippen molar-refractivity contribution >= 4 is 11.9 Å². The van der Waals surface area contributed by atoms with E-state index in [4.69, 9.17) is 0 Å². The average Bonchev–Trinajstić information content (AvgIpc) is 3.09. The minimum Gasteiger partial charge on any atom is -0.291 e. The lowest BCUT2D eigenvalue weighted by Gasteiger charge is -2.06. The summed E-state index contributed by atoms with van der Waals surface area (Å²) in [6.07, 6.45) is 2.67. The van der Waals surface area contributed by atoms with Gasteiger partial charge in [0.05, 0.1) is 17.5 Å². The van der Waals surface area contributed by atoms with Gasteiger partial charge in [-0.05, 0) is 19.1 Å². The van der Waals surface area contributed by atoms with E-state index in [1.807, 2.05) is 0 Å². The summed E-state index contributed by atoms with van der Waals surface area (Å²) >= 11 is 0. The lowest BCUT2D eigenvalue weighted by Crippen LogP contribution is -2.14. The monoisotopic (exact) mass is 286 g/mol. The van der Waals surface area contributed by atoms with Crippen molar-refractivity contribution in [1.29, 1.82) is 0 Å². The molecule has 0 saturated heterocycles. The molecule has 2 heterocycles. The van der Waals surface area contributed by atoms with Crippen molar-refractivity contribution in [3.05, 3.63) is 53.9 Å². The normalized spacial score (nSPS) is 10.6. The summed E-state index contributed by atoms with van der Waals surface area (Å²) in [4.78, 5) is 15.9. The molecule has 7 nitrogen and oxygen atoms in total. The summed E-state index contributed by atoms with van der Waals surface area (Å²) in [5.74, 6) is -0.573. The molecule has 0 aliphatic rings. The number of H-pyrrole nitrogens is 1. The van der Waals surface area contributed by atoms with E-state index in [9.17, 15) is 9.18 Å². The van der Waals surface area contributed by atoms with Crippen LogP contribution in [0, 0.1) is 12.7 Å². The van der Waals surface area contributed by atoms with E-state index in [-0.39, 0.29) is 11.6 Å². The summed E-state index contributed by atoms with van der Waals surface area (Å²) in [7, 11) is 0. The van der Waals surface area contributed by atoms with E-state index in [2.05, 4.69) is 25.6 Å². The molecule has 0 atom stereocenters. The first-order valence-corrected chi connectivity index (χ1v) is 6.13. The highest BCUT2D eigenvalue weighted by Crippen LogP contribution is 2.17. The number of halogens is 1. The van der Waals surface area contributed by atoms with Gasteiger partial charge in [-0.25, -0.2) is 14.2 Å². The van der Waals surface area contributed by atoms with Crippen LogP contribution in [0.2, 0.25) is 0 Å². The lowest BCUT2D eigenvalue weighted by atomic mass is 10.2. The molecule has 1 aromatic carbocycles. The van der Waals surface area contributed by atoms with Crippen molar-refractivity contribution < 1.29 is 9.18 Å². The molecule has 0 aliphatic carbocycles. The number of anilines is 1. The van der Waals surface area contributed by atoms with Crippen molar-refractivity contribution in [2.24, 2.45) is 0 Å². The number of aromatic amines is 1. The number of aromatic nitrogens is 5. The number of para-hydroxylation sites is 1. The number of nitrogens with zero attached hydrogens (tertiary/aromatic N) is 4. The molecular formula is C13H11FN6O. The fourth-order valence-electron chi connectivity index (χ4n) is 1.94. The van der Waals surface area contributed by atoms with Crippen LogP contribution >= 0.6 is 0 Å². The Kier molecular flexibility index (Phi) is 3.19. The van der Waals surface area contributed by atoms with E-state index in [0.29, 0.717) is 11.3 Å². The summed E-state index contributed by atoms with van der Waals surface area (Å²) in [5.41, 5.74) is 1.14. The van der Waals surface area contributed by atoms with Crippen LogP contribution in [-0.2, 0) is 0 Å². The molecule has 0 saturated carbocycles. The van der Waals surface area contributed by atoms with Crippen molar-refractivity contribution in [2.45, 2.75) is 6.92 Å². The van der Waals surface area contributed by atoms with Crippen LogP contribution in [0.15, 0.2) is 36.8 Å². The van der Waals surface area contributed by atoms with Gasteiger partial charge in [0.1, 0.15) is 17.8 Å². The molecular weight excluding hydrogens is 275 g/mol. The predicted molar refractivity (Wildman–Crippen MR) is 72.6 cm³/mol. The molecule has 0 spiro atoms. The smallest absolute Gasteiger partial charge is 0.261 e. The largest absolute Gasteiger partial charge is 0.291 e. The van der Waals surface area contributed by atoms with Crippen molar-refractivity contribution in [1.82, 2.24) is 25.0 Å². The second-order valence-electron chi connectivity index (χ2n) is 4.30. The van der Waals surface area contributed by atoms with E-state index in [1.165, 1.54) is 23.3 Å². The first-order chi connectivity index (χ1) is 10.2. The third kappa shape index (κ3) is 2.38. The maximum Gasteiger partial charge on any atom is 0.261 e. The Hall–Kier alpha value is -3.03. The zero-order valence-electron chi connectivity index (χ0n) is 11.0. The van der Waals surface area contributed by atoms with Gasteiger partial charge in [-0.3, -0.25) is 10.1 Å². The number of benzene rings is 1. The van der Waals surface area contributed by atoms with Crippen LogP contribution < -0.4 is 5.32 Å². The molecule has 106 valence electrons. The second-order valence-corrected chi connectivity index (χ2v) is 4.30. The Morgan fingerprint density at radius 2 is 2.19 bits per heavy atom. The minimum absolute atomic E-state index is 0.234. The standard InChI is InChI=1S/C13H11FN6O/c1-8-9(12(21)18-13-15-7-16-19-13)6-17-20(8)11-5-3-2-4-10(11)14/h2-7H,1H3,(H2,15,16,18,19,21). The van der Waals surface area contributed by atoms with Crippen LogP contribution in [-0.4, -0.2) is 30.9 Å². The van der Waals surface area contributed by atoms with E-state index >= 15 is 0 Å². The number of carbonyl (C=O) groups excluding carboxylic acids is 1. The third-order valence-electron chi connectivity index (χ3n) is 2.98. The molecule has 0 radical (unpaired) electrons. The Morgan fingerprint density at radius 3 is 2.90 bits per heavy atom. The Labute approximate surface area is 118 Å². The summed E-state index contributed by atoms with van der Waals surface area (Å²) in [5, 5.41) is 12.8. The van der Waals surface area contributed by atoms with Gasteiger partial charge in [-0.1, -0.05) is 12.1 Å². The van der Waals surface area contributed by atoms with Gasteiger partial charge in [0, 0.05) is 0 Å². The average molecular weight is 286 g/mol. The quantitative estimate of drug-likeness (QED) is 0.767. The van der Waals surface area contributed by atoms with Gasteiger partial charge in [-0.15, -0.1) is 0 Å². The highest BCUT2D eigenvalue weighted by atomic mass is 19.1. The van der Waals surface area contributed by atoms with Gasteiger partial charge in [0.2, 0.25) is 5.95 Å². The summed E-state index contributed by atoms with van der Waals surface area (Å²) < 4.78 is 15.2. The third-order valence-corrected chi connectivity index (χ3v) is 2.98. The highest BCUT2D eigenvalue weighted by Gasteiger charge is 2.17. The summed E-state index contributed by atoms with van der Waals surface area (Å²) in [6, 6.07) is 6.22. The Bertz CT molecular complexity index is 780. The number of hydrogen-bond donors (Lipinski definition) is 2.